The van der Waals surface area contributed by atoms with Crippen LogP contribution in [-0.2, 0) is 65.4 Å². The van der Waals surface area contributed by atoms with Crippen LogP contribution >= 0.6 is 15.6 Å². The van der Waals surface area contributed by atoms with Gasteiger partial charge in [0.2, 0.25) is 0 Å². The summed E-state index contributed by atoms with van der Waals surface area (Å²) < 4.78 is 68.4. The maximum absolute atomic E-state index is 13.0. The highest BCUT2D eigenvalue weighted by Gasteiger charge is 2.30. The van der Waals surface area contributed by atoms with Gasteiger partial charge in [0.15, 0.2) is 12.2 Å². The maximum atomic E-state index is 13.0. The molecule has 0 aromatic rings. The molecule has 0 rings (SSSR count). The van der Waals surface area contributed by atoms with Crippen molar-refractivity contribution in [3.8, 4) is 0 Å². The Labute approximate surface area is 568 Å². The van der Waals surface area contributed by atoms with Crippen LogP contribution in [0.15, 0.2) is 0 Å². The summed E-state index contributed by atoms with van der Waals surface area (Å²) in [5.41, 5.74) is 0. The van der Waals surface area contributed by atoms with Crippen LogP contribution in [0.2, 0.25) is 0 Å². The van der Waals surface area contributed by atoms with Crippen molar-refractivity contribution >= 4 is 39.5 Å². The van der Waals surface area contributed by atoms with Gasteiger partial charge in [-0.1, -0.05) is 319 Å². The molecular formula is C74H144O17P2. The molecule has 0 aromatic heterocycles. The van der Waals surface area contributed by atoms with E-state index in [2.05, 4.69) is 55.4 Å². The van der Waals surface area contributed by atoms with Gasteiger partial charge in [-0.2, -0.15) is 0 Å². The van der Waals surface area contributed by atoms with Crippen LogP contribution in [-0.4, -0.2) is 96.7 Å². The van der Waals surface area contributed by atoms with Gasteiger partial charge in [-0.3, -0.25) is 37.3 Å². The fraction of sp³-hybridized carbons (Fsp3) is 0.946. The molecule has 0 aliphatic carbocycles. The van der Waals surface area contributed by atoms with Gasteiger partial charge in [-0.15, -0.1) is 0 Å². The third-order valence-electron chi connectivity index (χ3n) is 17.1. The number of phosphoric ester groups is 2. The Bertz CT molecular complexity index is 1830. The van der Waals surface area contributed by atoms with Crippen molar-refractivity contribution in [1.29, 1.82) is 0 Å². The van der Waals surface area contributed by atoms with Gasteiger partial charge in [0, 0.05) is 25.7 Å². The number of phosphoric acid groups is 2. The second kappa shape index (κ2) is 63.5. The van der Waals surface area contributed by atoms with E-state index in [4.69, 9.17) is 37.0 Å². The highest BCUT2D eigenvalue weighted by Crippen LogP contribution is 2.45. The first kappa shape index (κ1) is 91.1. The molecule has 0 aromatic carbocycles. The van der Waals surface area contributed by atoms with Crippen molar-refractivity contribution in [3.05, 3.63) is 0 Å². The number of esters is 4. The maximum Gasteiger partial charge on any atom is 0.472 e. The molecule has 552 valence electrons. The molecule has 0 fully saturated rings. The summed E-state index contributed by atoms with van der Waals surface area (Å²) in [4.78, 5) is 72.7. The fourth-order valence-corrected chi connectivity index (χ4v) is 12.8. The van der Waals surface area contributed by atoms with Crippen molar-refractivity contribution in [2.24, 2.45) is 23.7 Å². The lowest BCUT2D eigenvalue weighted by Crippen LogP contribution is -2.30. The van der Waals surface area contributed by atoms with Crippen LogP contribution in [0, 0.1) is 23.7 Å². The Morgan fingerprint density at radius 3 is 0.667 bits per heavy atom. The lowest BCUT2D eigenvalue weighted by atomic mass is 10.0. The minimum Gasteiger partial charge on any atom is -0.462 e. The monoisotopic (exact) mass is 1370 g/mol. The van der Waals surface area contributed by atoms with E-state index in [0.717, 1.165) is 114 Å². The van der Waals surface area contributed by atoms with E-state index in [1.807, 2.05) is 0 Å². The molecular weight excluding hydrogens is 1220 g/mol. The van der Waals surface area contributed by atoms with Crippen LogP contribution in [0.25, 0.3) is 0 Å². The minimum atomic E-state index is -4.95. The van der Waals surface area contributed by atoms with Crippen LogP contribution in [0.1, 0.15) is 370 Å². The molecule has 0 amide bonds. The average molecular weight is 1370 g/mol. The molecule has 0 radical (unpaired) electrons. The molecule has 3 unspecified atom stereocenters. The Morgan fingerprint density at radius 1 is 0.269 bits per heavy atom. The van der Waals surface area contributed by atoms with Gasteiger partial charge in [-0.25, -0.2) is 9.13 Å². The van der Waals surface area contributed by atoms with Crippen molar-refractivity contribution in [3.63, 3.8) is 0 Å². The van der Waals surface area contributed by atoms with Gasteiger partial charge in [-0.05, 0) is 49.4 Å². The molecule has 0 aliphatic rings. The number of carbonyl (C=O) groups excluding carboxylic acids is 4. The summed E-state index contributed by atoms with van der Waals surface area (Å²) >= 11 is 0. The zero-order valence-corrected chi connectivity index (χ0v) is 62.7. The summed E-state index contributed by atoms with van der Waals surface area (Å²) in [6, 6.07) is 0. The van der Waals surface area contributed by atoms with E-state index in [1.165, 1.54) is 167 Å². The molecule has 0 saturated carbocycles. The smallest absolute Gasteiger partial charge is 0.462 e. The summed E-state index contributed by atoms with van der Waals surface area (Å²) in [6.45, 7) is 14.1. The summed E-state index contributed by atoms with van der Waals surface area (Å²) in [5.74, 6) is 0.885. The molecule has 0 bridgehead atoms. The topological polar surface area (TPSA) is 237 Å². The zero-order valence-electron chi connectivity index (χ0n) is 60.9. The van der Waals surface area contributed by atoms with E-state index < -0.39 is 97.5 Å². The molecule has 5 atom stereocenters. The van der Waals surface area contributed by atoms with Gasteiger partial charge < -0.3 is 33.8 Å². The normalized spacial score (nSPS) is 14.2. The van der Waals surface area contributed by atoms with Crippen LogP contribution in [0.3, 0.4) is 0 Å². The number of carbonyl (C=O) groups is 4. The quantitative estimate of drug-likeness (QED) is 0.0222. The highest BCUT2D eigenvalue weighted by molar-refractivity contribution is 7.47. The average Bonchev–Trinajstić information content (AvgIpc) is 3.45. The lowest BCUT2D eigenvalue weighted by Gasteiger charge is -2.21. The predicted octanol–water partition coefficient (Wildman–Crippen LogP) is 21.3. The molecule has 17 nitrogen and oxygen atoms in total. The van der Waals surface area contributed by atoms with Crippen molar-refractivity contribution < 1.29 is 80.2 Å². The second-order valence-corrected chi connectivity index (χ2v) is 31.5. The lowest BCUT2D eigenvalue weighted by molar-refractivity contribution is -0.161. The number of ether oxygens (including phenoxy) is 4. The number of rotatable bonds is 71. The van der Waals surface area contributed by atoms with Crippen LogP contribution in [0.5, 0.6) is 0 Å². The second-order valence-electron chi connectivity index (χ2n) is 28.6. The minimum absolute atomic E-state index is 0.106. The number of aliphatic hydroxyl groups excluding tert-OH is 1. The fourth-order valence-electron chi connectivity index (χ4n) is 11.2. The first-order valence-corrected chi connectivity index (χ1v) is 41.2. The molecule has 19 heteroatoms. The van der Waals surface area contributed by atoms with Crippen molar-refractivity contribution in [2.75, 3.05) is 39.6 Å². The largest absolute Gasteiger partial charge is 0.472 e. The molecule has 0 saturated heterocycles. The molecule has 0 spiro atoms. The predicted molar refractivity (Wildman–Crippen MR) is 377 cm³/mol. The first-order chi connectivity index (χ1) is 44.6. The van der Waals surface area contributed by atoms with E-state index >= 15 is 0 Å². The Kier molecular flexibility index (Phi) is 62.2. The van der Waals surface area contributed by atoms with Crippen molar-refractivity contribution in [2.45, 2.75) is 388 Å². The SMILES string of the molecule is CC(C)CCCCCCCCCCCCCCCCC(=O)O[C@H](COC(=O)CCCCCCCCCC(C)C)COP(=O)(O)OCC(O)COP(=O)(O)OC[C@@H](COC(=O)CCCCCCCCCCCC(C)C)OC(=O)CCCCCCCCCCCCCC(C)C. The first-order valence-electron chi connectivity index (χ1n) is 38.2. The summed E-state index contributed by atoms with van der Waals surface area (Å²) in [5, 5.41) is 10.6. The van der Waals surface area contributed by atoms with E-state index in [0.29, 0.717) is 31.6 Å². The van der Waals surface area contributed by atoms with Crippen LogP contribution < -0.4 is 0 Å². The van der Waals surface area contributed by atoms with Gasteiger partial charge in [0.25, 0.3) is 0 Å². The van der Waals surface area contributed by atoms with Crippen molar-refractivity contribution in [1.82, 2.24) is 0 Å². The molecule has 3 N–H and O–H groups in total. The third kappa shape index (κ3) is 68.4. The Morgan fingerprint density at radius 2 is 0.452 bits per heavy atom. The molecule has 0 heterocycles. The molecule has 93 heavy (non-hydrogen) atoms. The van der Waals surface area contributed by atoms with Gasteiger partial charge in [0.1, 0.15) is 19.3 Å². The number of unbranched alkanes of at least 4 members (excludes halogenated alkanes) is 37. The van der Waals surface area contributed by atoms with E-state index in [1.54, 1.807) is 0 Å². The Hall–Kier alpha value is -1.94. The highest BCUT2D eigenvalue weighted by atomic mass is 31.2. The summed E-state index contributed by atoms with van der Waals surface area (Å²) in [7, 11) is -9.91. The Balaban J connectivity index is 5.24. The zero-order chi connectivity index (χ0) is 68.9. The number of aliphatic hydroxyl groups is 1. The third-order valence-corrected chi connectivity index (χ3v) is 19.0. The van der Waals surface area contributed by atoms with Gasteiger partial charge in [0.05, 0.1) is 26.4 Å². The van der Waals surface area contributed by atoms with E-state index in [9.17, 15) is 43.2 Å². The van der Waals surface area contributed by atoms with Crippen LogP contribution in [0.4, 0.5) is 0 Å². The van der Waals surface area contributed by atoms with Gasteiger partial charge >= 0.3 is 39.5 Å². The molecule has 0 aliphatic heterocycles. The van der Waals surface area contributed by atoms with E-state index in [-0.39, 0.29) is 25.7 Å². The standard InChI is InChI=1S/C74H144O17P2/c1-64(2)50-42-34-26-19-14-11-9-10-12-16-22-31-40-48-56-73(78)91-70(61-85-72(77)55-47-39-33-25-29-37-45-53-67(7)8)63-89-93(82,83)87-59-68(75)58-86-92(80,81)88-62-69(60-84-71(76)54-46-38-30-24-18-21-28-36-44-52-66(5)6)90-74(79)57-49-41-32-23-17-13-15-20-27-35-43-51-65(3)4/h64-70,75H,9-63H2,1-8H3,(H,80,81)(H,82,83)/t68?,69-,70-/m1/s1. The summed E-state index contributed by atoms with van der Waals surface area (Å²) in [6.07, 6.45) is 47.2. The number of hydrogen-bond acceptors (Lipinski definition) is 15. The number of hydrogen-bond donors (Lipinski definition) is 3.